The Morgan fingerprint density at radius 2 is 2.13 bits per heavy atom. The predicted molar refractivity (Wildman–Crippen MR) is 107 cm³/mol. The molecule has 0 saturated carbocycles. The van der Waals surface area contributed by atoms with Gasteiger partial charge in [-0.25, -0.2) is 23.6 Å². The summed E-state index contributed by atoms with van der Waals surface area (Å²) in [5, 5.41) is 0. The van der Waals surface area contributed by atoms with Crippen molar-refractivity contribution in [3.8, 4) is 11.6 Å². The summed E-state index contributed by atoms with van der Waals surface area (Å²) in [5.41, 5.74) is 4.67. The quantitative estimate of drug-likeness (QED) is 0.760. The molecule has 0 unspecified atom stereocenters. The molecular formula is C21H19F2N5O3. The van der Waals surface area contributed by atoms with E-state index in [2.05, 4.69) is 14.8 Å². The number of rotatable bonds is 3. The SMILES string of the molecule is [C-]#[N+]c1ccnc(Oc2cc([C@]34CO[C@@H](C)C[C@H]3C(=O)N(C)C(N)=N4)c(F)cc2F)c1. The van der Waals surface area contributed by atoms with Gasteiger partial charge in [0.15, 0.2) is 23.2 Å². The topological polar surface area (TPSA) is 94.4 Å². The zero-order valence-electron chi connectivity index (χ0n) is 16.8. The lowest BCUT2D eigenvalue weighted by atomic mass is 9.72. The van der Waals surface area contributed by atoms with Crippen LogP contribution in [0.4, 0.5) is 14.5 Å². The smallest absolute Gasteiger partial charge is 0.235 e. The van der Waals surface area contributed by atoms with Gasteiger partial charge in [0.2, 0.25) is 11.8 Å². The van der Waals surface area contributed by atoms with E-state index in [0.717, 1.165) is 6.07 Å². The highest BCUT2D eigenvalue weighted by molar-refractivity contribution is 6.00. The molecule has 0 radical (unpaired) electrons. The minimum Gasteiger partial charge on any atom is -0.437 e. The maximum absolute atomic E-state index is 15.0. The van der Waals surface area contributed by atoms with E-state index < -0.39 is 23.1 Å². The van der Waals surface area contributed by atoms with E-state index in [1.54, 1.807) is 0 Å². The number of benzene rings is 1. The Kier molecular flexibility index (Phi) is 5.07. The molecular weight excluding hydrogens is 408 g/mol. The fourth-order valence-electron chi connectivity index (χ4n) is 3.91. The summed E-state index contributed by atoms with van der Waals surface area (Å²) < 4.78 is 40.8. The molecule has 1 aromatic heterocycles. The lowest BCUT2D eigenvalue weighted by Gasteiger charge is -2.46. The van der Waals surface area contributed by atoms with Crippen LogP contribution in [0.1, 0.15) is 18.9 Å². The lowest BCUT2D eigenvalue weighted by Crippen LogP contribution is -2.59. The van der Waals surface area contributed by atoms with E-state index in [-0.39, 0.29) is 47.5 Å². The highest BCUT2D eigenvalue weighted by Gasteiger charge is 2.54. The zero-order valence-corrected chi connectivity index (χ0v) is 16.8. The number of amides is 1. The van der Waals surface area contributed by atoms with Crippen molar-refractivity contribution in [1.29, 1.82) is 0 Å². The van der Waals surface area contributed by atoms with Crippen LogP contribution >= 0.6 is 0 Å². The first-order valence-electron chi connectivity index (χ1n) is 9.50. The summed E-state index contributed by atoms with van der Waals surface area (Å²) in [6.07, 6.45) is 1.39. The number of aromatic nitrogens is 1. The van der Waals surface area contributed by atoms with Crippen LogP contribution in [0.5, 0.6) is 11.6 Å². The Labute approximate surface area is 177 Å². The molecule has 2 N–H and O–H groups in total. The van der Waals surface area contributed by atoms with Crippen molar-refractivity contribution in [3.05, 3.63) is 59.1 Å². The molecule has 2 aromatic rings. The number of carbonyl (C=O) groups is 1. The molecule has 8 nitrogen and oxygen atoms in total. The van der Waals surface area contributed by atoms with Crippen LogP contribution in [-0.4, -0.2) is 41.5 Å². The molecule has 10 heteroatoms. The third-order valence-corrected chi connectivity index (χ3v) is 5.57. The van der Waals surface area contributed by atoms with Gasteiger partial charge in [-0.15, -0.1) is 0 Å². The Morgan fingerprint density at radius 3 is 2.87 bits per heavy atom. The molecule has 1 aromatic carbocycles. The van der Waals surface area contributed by atoms with Crippen LogP contribution < -0.4 is 10.5 Å². The van der Waals surface area contributed by atoms with Crippen LogP contribution in [0.3, 0.4) is 0 Å². The second-order valence-electron chi connectivity index (χ2n) is 7.53. The molecule has 4 rings (SSSR count). The van der Waals surface area contributed by atoms with Gasteiger partial charge in [-0.2, -0.15) is 0 Å². The van der Waals surface area contributed by atoms with Crippen molar-refractivity contribution in [2.45, 2.75) is 25.0 Å². The van der Waals surface area contributed by atoms with Gasteiger partial charge in [-0.05, 0) is 25.5 Å². The van der Waals surface area contributed by atoms with Crippen LogP contribution in [0.2, 0.25) is 0 Å². The fraction of sp³-hybridized carbons (Fsp3) is 0.333. The molecule has 1 fully saturated rings. The largest absolute Gasteiger partial charge is 0.437 e. The summed E-state index contributed by atoms with van der Waals surface area (Å²) >= 11 is 0. The standard InChI is InChI=1S/C21H19F2N5O3/c1-11-6-14-19(29)28(3)20(24)27-21(14,10-30-11)13-8-17(16(23)9-15(13)22)31-18-7-12(25-2)4-5-26-18/h4-5,7-9,11,14H,6,10H2,1,3H3,(H2,24,27)/t11-,14-,21+/m0/s1. The molecule has 3 atom stereocenters. The van der Waals surface area contributed by atoms with Crippen LogP contribution in [0.25, 0.3) is 4.85 Å². The van der Waals surface area contributed by atoms with Crippen LogP contribution in [-0.2, 0) is 15.1 Å². The monoisotopic (exact) mass is 427 g/mol. The third-order valence-electron chi connectivity index (χ3n) is 5.57. The molecule has 0 bridgehead atoms. The minimum absolute atomic E-state index is 0.0324. The van der Waals surface area contributed by atoms with Gasteiger partial charge in [0.1, 0.15) is 11.4 Å². The third kappa shape index (κ3) is 3.47. The number of aliphatic imine (C=N–C) groups is 1. The summed E-state index contributed by atoms with van der Waals surface area (Å²) in [6, 6.07) is 4.62. The maximum Gasteiger partial charge on any atom is 0.235 e. The van der Waals surface area contributed by atoms with Gasteiger partial charge in [-0.1, -0.05) is 0 Å². The number of nitrogens with two attached hydrogens (primary N) is 1. The van der Waals surface area contributed by atoms with Gasteiger partial charge in [0, 0.05) is 30.9 Å². The van der Waals surface area contributed by atoms with Gasteiger partial charge in [0.25, 0.3) is 0 Å². The van der Waals surface area contributed by atoms with Crippen molar-refractivity contribution < 1.29 is 23.0 Å². The summed E-state index contributed by atoms with van der Waals surface area (Å²) in [6.45, 7) is 8.78. The first-order chi connectivity index (χ1) is 14.7. The van der Waals surface area contributed by atoms with Gasteiger partial charge in [0.05, 0.1) is 25.2 Å². The molecule has 1 saturated heterocycles. The number of fused-ring (bicyclic) bond motifs is 1. The molecule has 2 aliphatic rings. The molecule has 0 spiro atoms. The number of guanidine groups is 1. The van der Waals surface area contributed by atoms with Gasteiger partial charge in [-0.3, -0.25) is 9.69 Å². The summed E-state index contributed by atoms with van der Waals surface area (Å²) in [4.78, 5) is 25.8. The van der Waals surface area contributed by atoms with Crippen molar-refractivity contribution in [2.75, 3.05) is 13.7 Å². The van der Waals surface area contributed by atoms with Crippen LogP contribution in [0.15, 0.2) is 35.5 Å². The number of carbonyl (C=O) groups excluding carboxylic acids is 1. The fourth-order valence-corrected chi connectivity index (χ4v) is 3.91. The van der Waals surface area contributed by atoms with Crippen LogP contribution in [0, 0.1) is 24.1 Å². The molecule has 160 valence electrons. The van der Waals surface area contributed by atoms with Gasteiger partial charge >= 0.3 is 0 Å². The van der Waals surface area contributed by atoms with Crippen molar-refractivity contribution in [2.24, 2.45) is 16.6 Å². The van der Waals surface area contributed by atoms with Crippen molar-refractivity contribution in [1.82, 2.24) is 9.88 Å². The first kappa shape index (κ1) is 20.7. The second-order valence-corrected chi connectivity index (χ2v) is 7.53. The molecule has 1 amide bonds. The maximum atomic E-state index is 15.0. The lowest BCUT2D eigenvalue weighted by molar-refractivity contribution is -0.144. The summed E-state index contributed by atoms with van der Waals surface area (Å²) in [5.74, 6) is -3.37. The number of hydrogen-bond donors (Lipinski definition) is 1. The Balaban J connectivity index is 1.83. The number of nitrogens with zero attached hydrogens (tertiary/aromatic N) is 4. The number of halogens is 2. The zero-order chi connectivity index (χ0) is 22.3. The average Bonchev–Trinajstić information content (AvgIpc) is 2.75. The average molecular weight is 427 g/mol. The van der Waals surface area contributed by atoms with Gasteiger partial charge < -0.3 is 15.2 Å². The highest BCUT2D eigenvalue weighted by Crippen LogP contribution is 2.46. The van der Waals surface area contributed by atoms with Crippen molar-refractivity contribution in [3.63, 3.8) is 0 Å². The van der Waals surface area contributed by atoms with E-state index in [1.165, 1.54) is 30.3 Å². The Morgan fingerprint density at radius 1 is 1.35 bits per heavy atom. The Hall–Kier alpha value is -3.58. The summed E-state index contributed by atoms with van der Waals surface area (Å²) in [7, 11) is 1.50. The molecule has 3 heterocycles. The second kappa shape index (κ2) is 7.59. The highest BCUT2D eigenvalue weighted by atomic mass is 19.1. The number of hydrogen-bond acceptors (Lipinski definition) is 6. The number of ether oxygens (including phenoxy) is 2. The normalized spacial score (nSPS) is 25.5. The number of pyridine rings is 1. The van der Waals surface area contributed by atoms with E-state index in [9.17, 15) is 9.18 Å². The minimum atomic E-state index is -1.46. The Bertz CT molecular complexity index is 1130. The molecule has 31 heavy (non-hydrogen) atoms. The van der Waals surface area contributed by atoms with E-state index >= 15 is 4.39 Å². The van der Waals surface area contributed by atoms with Crippen molar-refractivity contribution >= 4 is 17.6 Å². The van der Waals surface area contributed by atoms with E-state index in [0.29, 0.717) is 12.5 Å². The predicted octanol–water partition coefficient (Wildman–Crippen LogP) is 3.11. The van der Waals surface area contributed by atoms with E-state index in [4.69, 9.17) is 21.8 Å². The molecule has 0 aliphatic carbocycles. The van der Waals surface area contributed by atoms with E-state index in [1.807, 2.05) is 6.92 Å². The first-order valence-corrected chi connectivity index (χ1v) is 9.50. The molecule has 2 aliphatic heterocycles.